The van der Waals surface area contributed by atoms with Crippen LogP contribution in [0.3, 0.4) is 0 Å². The van der Waals surface area contributed by atoms with Gasteiger partial charge in [0.15, 0.2) is 0 Å². The van der Waals surface area contributed by atoms with Gasteiger partial charge in [-0.15, -0.1) is 10.2 Å². The number of hydrogen-bond donors (Lipinski definition) is 1. The van der Waals surface area contributed by atoms with Gasteiger partial charge in [-0.1, -0.05) is 22.0 Å². The number of anilines is 1. The predicted octanol–water partition coefficient (Wildman–Crippen LogP) is 3.54. The van der Waals surface area contributed by atoms with E-state index in [2.05, 4.69) is 59.2 Å². The highest BCUT2D eigenvalue weighted by atomic mass is 79.9. The standard InChI is InChI=1S/C15H14BrN5/c16-12-6-10-2-1-5-17-14(10)11(7-12)8-18-15-20-19-9-21(15)13-3-4-13/h1-2,5-7,9,13H,3-4,8H2,(H,18,20). The van der Waals surface area contributed by atoms with Gasteiger partial charge in [-0.05, 0) is 36.6 Å². The van der Waals surface area contributed by atoms with Gasteiger partial charge in [0, 0.05) is 28.6 Å². The molecule has 0 saturated heterocycles. The Morgan fingerprint density at radius 3 is 3.10 bits per heavy atom. The van der Waals surface area contributed by atoms with Gasteiger partial charge in [0.2, 0.25) is 5.95 Å². The van der Waals surface area contributed by atoms with E-state index in [-0.39, 0.29) is 0 Å². The zero-order valence-electron chi connectivity index (χ0n) is 11.3. The average Bonchev–Trinajstić information content (AvgIpc) is 3.23. The number of aromatic nitrogens is 4. The van der Waals surface area contributed by atoms with E-state index in [9.17, 15) is 0 Å². The molecule has 0 unspecified atom stereocenters. The summed E-state index contributed by atoms with van der Waals surface area (Å²) < 4.78 is 3.18. The summed E-state index contributed by atoms with van der Waals surface area (Å²) in [6.07, 6.45) is 6.06. The first-order valence-electron chi connectivity index (χ1n) is 6.98. The van der Waals surface area contributed by atoms with E-state index in [1.54, 1.807) is 6.33 Å². The minimum atomic E-state index is 0.569. The first-order chi connectivity index (χ1) is 10.3. The summed E-state index contributed by atoms with van der Waals surface area (Å²) in [7, 11) is 0. The van der Waals surface area contributed by atoms with Gasteiger partial charge in [-0.2, -0.15) is 0 Å². The molecule has 2 heterocycles. The minimum absolute atomic E-state index is 0.569. The maximum Gasteiger partial charge on any atom is 0.224 e. The van der Waals surface area contributed by atoms with Crippen LogP contribution in [0.5, 0.6) is 0 Å². The van der Waals surface area contributed by atoms with Crippen LogP contribution in [-0.2, 0) is 6.54 Å². The Hall–Kier alpha value is -1.95. The third kappa shape index (κ3) is 2.51. The summed E-state index contributed by atoms with van der Waals surface area (Å²) in [4.78, 5) is 4.49. The van der Waals surface area contributed by atoms with Crippen molar-refractivity contribution in [1.29, 1.82) is 0 Å². The molecule has 5 nitrogen and oxygen atoms in total. The Kier molecular flexibility index (Phi) is 3.11. The van der Waals surface area contributed by atoms with Crippen molar-refractivity contribution >= 4 is 32.8 Å². The molecule has 106 valence electrons. The van der Waals surface area contributed by atoms with Crippen LogP contribution in [0.15, 0.2) is 41.3 Å². The highest BCUT2D eigenvalue weighted by molar-refractivity contribution is 9.10. The number of rotatable bonds is 4. The maximum atomic E-state index is 4.49. The van der Waals surface area contributed by atoms with Gasteiger partial charge in [0.05, 0.1) is 5.52 Å². The lowest BCUT2D eigenvalue weighted by molar-refractivity contribution is 0.740. The summed E-state index contributed by atoms with van der Waals surface area (Å²) in [5.74, 6) is 0.835. The van der Waals surface area contributed by atoms with Crippen LogP contribution in [0, 0.1) is 0 Å². The molecule has 0 aliphatic heterocycles. The van der Waals surface area contributed by atoms with Gasteiger partial charge in [-0.25, -0.2) is 0 Å². The lowest BCUT2D eigenvalue weighted by atomic mass is 10.1. The van der Waals surface area contributed by atoms with Crippen LogP contribution in [0.25, 0.3) is 10.9 Å². The summed E-state index contributed by atoms with van der Waals surface area (Å²) in [6, 6.07) is 8.78. The molecular formula is C15H14BrN5. The van der Waals surface area contributed by atoms with Crippen molar-refractivity contribution in [3.05, 3.63) is 46.8 Å². The average molecular weight is 344 g/mol. The van der Waals surface area contributed by atoms with Crippen molar-refractivity contribution in [2.45, 2.75) is 25.4 Å². The number of nitrogens with one attached hydrogen (secondary N) is 1. The molecule has 1 fully saturated rings. The second-order valence-electron chi connectivity index (χ2n) is 5.29. The third-order valence-corrected chi connectivity index (χ3v) is 4.16. The molecule has 0 radical (unpaired) electrons. The van der Waals surface area contributed by atoms with Gasteiger partial charge in [0.1, 0.15) is 6.33 Å². The smallest absolute Gasteiger partial charge is 0.224 e. The first kappa shape index (κ1) is 12.8. The number of pyridine rings is 1. The molecule has 1 aliphatic rings. The van der Waals surface area contributed by atoms with Crippen molar-refractivity contribution in [3.63, 3.8) is 0 Å². The second-order valence-corrected chi connectivity index (χ2v) is 6.20. The summed E-state index contributed by atoms with van der Waals surface area (Å²) in [6.45, 7) is 0.679. The Balaban J connectivity index is 1.63. The number of benzene rings is 1. The molecule has 3 aromatic rings. The zero-order chi connectivity index (χ0) is 14.2. The molecule has 0 spiro atoms. The number of hydrogen-bond acceptors (Lipinski definition) is 4. The summed E-state index contributed by atoms with van der Waals surface area (Å²) in [5, 5.41) is 12.7. The zero-order valence-corrected chi connectivity index (χ0v) is 12.9. The van der Waals surface area contributed by atoms with Crippen LogP contribution in [0.2, 0.25) is 0 Å². The Bertz CT molecular complexity index is 794. The second kappa shape index (κ2) is 5.11. The fourth-order valence-electron chi connectivity index (χ4n) is 2.53. The Morgan fingerprint density at radius 1 is 1.33 bits per heavy atom. The molecular weight excluding hydrogens is 330 g/mol. The first-order valence-corrected chi connectivity index (χ1v) is 7.77. The molecule has 0 bridgehead atoms. The molecule has 2 aromatic heterocycles. The molecule has 1 saturated carbocycles. The Labute approximate surface area is 130 Å². The van der Waals surface area contributed by atoms with Gasteiger partial charge < -0.3 is 5.32 Å². The largest absolute Gasteiger partial charge is 0.350 e. The van der Waals surface area contributed by atoms with Gasteiger partial charge in [-0.3, -0.25) is 9.55 Å². The molecule has 0 atom stereocenters. The quantitative estimate of drug-likeness (QED) is 0.787. The maximum absolute atomic E-state index is 4.49. The normalized spacial score (nSPS) is 14.5. The predicted molar refractivity (Wildman–Crippen MR) is 85.1 cm³/mol. The molecule has 4 rings (SSSR count). The molecule has 0 amide bonds. The lowest BCUT2D eigenvalue weighted by Gasteiger charge is -2.10. The van der Waals surface area contributed by atoms with E-state index in [1.807, 2.05) is 12.3 Å². The van der Waals surface area contributed by atoms with Gasteiger partial charge >= 0.3 is 0 Å². The topological polar surface area (TPSA) is 55.6 Å². The number of nitrogens with zero attached hydrogens (tertiary/aromatic N) is 4. The van der Waals surface area contributed by atoms with Crippen molar-refractivity contribution in [3.8, 4) is 0 Å². The summed E-state index contributed by atoms with van der Waals surface area (Å²) >= 11 is 3.56. The number of halogens is 1. The molecule has 1 N–H and O–H groups in total. The van der Waals surface area contributed by atoms with Crippen LogP contribution < -0.4 is 5.32 Å². The molecule has 1 aromatic carbocycles. The van der Waals surface area contributed by atoms with E-state index in [0.29, 0.717) is 12.6 Å². The van der Waals surface area contributed by atoms with E-state index >= 15 is 0 Å². The van der Waals surface area contributed by atoms with E-state index in [0.717, 1.165) is 26.9 Å². The molecule has 1 aliphatic carbocycles. The summed E-state index contributed by atoms with van der Waals surface area (Å²) in [5.41, 5.74) is 2.16. The minimum Gasteiger partial charge on any atom is -0.350 e. The van der Waals surface area contributed by atoms with Crippen molar-refractivity contribution < 1.29 is 0 Å². The monoisotopic (exact) mass is 343 g/mol. The fourth-order valence-corrected chi connectivity index (χ4v) is 3.05. The Morgan fingerprint density at radius 2 is 2.24 bits per heavy atom. The molecule has 21 heavy (non-hydrogen) atoms. The lowest BCUT2D eigenvalue weighted by Crippen LogP contribution is -2.07. The van der Waals surface area contributed by atoms with Crippen molar-refractivity contribution in [2.75, 3.05) is 5.32 Å². The SMILES string of the molecule is Brc1cc(CNc2nncn2C2CC2)c2ncccc2c1. The van der Waals surface area contributed by atoms with Crippen LogP contribution in [-0.4, -0.2) is 19.7 Å². The number of fused-ring (bicyclic) bond motifs is 1. The van der Waals surface area contributed by atoms with Crippen LogP contribution in [0.1, 0.15) is 24.4 Å². The fraction of sp³-hybridized carbons (Fsp3) is 0.267. The van der Waals surface area contributed by atoms with Gasteiger partial charge in [0.25, 0.3) is 0 Å². The van der Waals surface area contributed by atoms with Crippen LogP contribution >= 0.6 is 15.9 Å². The highest BCUT2D eigenvalue weighted by Gasteiger charge is 2.26. The van der Waals surface area contributed by atoms with Crippen molar-refractivity contribution in [1.82, 2.24) is 19.7 Å². The van der Waals surface area contributed by atoms with E-state index in [4.69, 9.17) is 0 Å². The van der Waals surface area contributed by atoms with Crippen molar-refractivity contribution in [2.24, 2.45) is 0 Å². The van der Waals surface area contributed by atoms with Crippen LogP contribution in [0.4, 0.5) is 5.95 Å². The van der Waals surface area contributed by atoms with E-state index < -0.39 is 0 Å². The highest BCUT2D eigenvalue weighted by Crippen LogP contribution is 2.36. The molecule has 6 heteroatoms. The van der Waals surface area contributed by atoms with E-state index in [1.165, 1.54) is 12.8 Å². The third-order valence-electron chi connectivity index (χ3n) is 3.70.